The van der Waals surface area contributed by atoms with Gasteiger partial charge in [-0.1, -0.05) is 0 Å². The highest BCUT2D eigenvalue weighted by Crippen LogP contribution is 2.24. The van der Waals surface area contributed by atoms with E-state index in [0.717, 1.165) is 0 Å². The molecular formula is C15H14N4O5. The van der Waals surface area contributed by atoms with E-state index in [1.807, 2.05) is 0 Å². The molecule has 2 aromatic rings. The van der Waals surface area contributed by atoms with Crippen LogP contribution in [-0.4, -0.2) is 27.1 Å². The number of carbonyl (C=O) groups is 2. The van der Waals surface area contributed by atoms with Crippen LogP contribution in [0.2, 0.25) is 0 Å². The molecule has 24 heavy (non-hydrogen) atoms. The SMILES string of the molecule is CC(=O)Nc1nc(-c2ccc([N+](=O)[O-])cc2)c(CCC=O)c(=O)[nH]1. The van der Waals surface area contributed by atoms with E-state index in [-0.39, 0.29) is 35.7 Å². The Labute approximate surface area is 135 Å². The van der Waals surface area contributed by atoms with Crippen LogP contribution in [0.4, 0.5) is 11.6 Å². The van der Waals surface area contributed by atoms with Crippen LogP contribution in [0.1, 0.15) is 18.9 Å². The fraction of sp³-hybridized carbons (Fsp3) is 0.200. The molecule has 0 radical (unpaired) electrons. The lowest BCUT2D eigenvalue weighted by Gasteiger charge is -2.10. The van der Waals surface area contributed by atoms with E-state index in [1.54, 1.807) is 0 Å². The van der Waals surface area contributed by atoms with E-state index < -0.39 is 16.4 Å². The number of carbonyl (C=O) groups excluding carboxylic acids is 2. The summed E-state index contributed by atoms with van der Waals surface area (Å²) in [6.45, 7) is 1.27. The second kappa shape index (κ2) is 7.27. The molecule has 1 aromatic carbocycles. The van der Waals surface area contributed by atoms with E-state index in [1.165, 1.54) is 31.2 Å². The van der Waals surface area contributed by atoms with Gasteiger partial charge in [-0.05, 0) is 18.6 Å². The van der Waals surface area contributed by atoms with E-state index in [4.69, 9.17) is 0 Å². The van der Waals surface area contributed by atoms with Gasteiger partial charge >= 0.3 is 0 Å². The predicted octanol–water partition coefficient (Wildman–Crippen LogP) is 1.43. The Bertz CT molecular complexity index is 842. The van der Waals surface area contributed by atoms with E-state index >= 15 is 0 Å². The molecule has 2 N–H and O–H groups in total. The van der Waals surface area contributed by atoms with Crippen LogP contribution < -0.4 is 10.9 Å². The number of nitrogens with zero attached hydrogens (tertiary/aromatic N) is 2. The largest absolute Gasteiger partial charge is 0.303 e. The summed E-state index contributed by atoms with van der Waals surface area (Å²) in [7, 11) is 0. The minimum absolute atomic E-state index is 0.0318. The Morgan fingerprint density at radius 1 is 1.38 bits per heavy atom. The summed E-state index contributed by atoms with van der Waals surface area (Å²) in [5.41, 5.74) is 0.424. The van der Waals surface area contributed by atoms with Crippen molar-refractivity contribution in [2.24, 2.45) is 0 Å². The van der Waals surface area contributed by atoms with Crippen molar-refractivity contribution in [2.45, 2.75) is 19.8 Å². The topological polar surface area (TPSA) is 135 Å². The normalized spacial score (nSPS) is 10.2. The van der Waals surface area contributed by atoms with Crippen LogP contribution in [0.25, 0.3) is 11.3 Å². The molecule has 1 amide bonds. The van der Waals surface area contributed by atoms with Gasteiger partial charge in [-0.3, -0.25) is 30.0 Å². The van der Waals surface area contributed by atoms with E-state index in [2.05, 4.69) is 15.3 Å². The highest BCUT2D eigenvalue weighted by Gasteiger charge is 2.15. The molecule has 0 aliphatic carbocycles. The second-order valence-corrected chi connectivity index (χ2v) is 4.93. The quantitative estimate of drug-likeness (QED) is 0.467. The van der Waals surface area contributed by atoms with Crippen LogP contribution in [-0.2, 0) is 16.0 Å². The first-order valence-corrected chi connectivity index (χ1v) is 7.01. The lowest BCUT2D eigenvalue weighted by molar-refractivity contribution is -0.384. The average molecular weight is 330 g/mol. The number of aromatic amines is 1. The first-order valence-electron chi connectivity index (χ1n) is 7.01. The van der Waals surface area contributed by atoms with Crippen LogP contribution in [0.3, 0.4) is 0 Å². The van der Waals surface area contributed by atoms with Gasteiger partial charge in [-0.2, -0.15) is 0 Å². The number of H-pyrrole nitrogens is 1. The third-order valence-corrected chi connectivity index (χ3v) is 3.17. The van der Waals surface area contributed by atoms with Crippen LogP contribution in [0, 0.1) is 10.1 Å². The maximum Gasteiger partial charge on any atom is 0.269 e. The molecule has 0 spiro atoms. The number of rotatable bonds is 6. The number of nitro groups is 1. The van der Waals surface area contributed by atoms with Crippen molar-refractivity contribution in [1.82, 2.24) is 9.97 Å². The number of amides is 1. The number of nitrogens with one attached hydrogen (secondary N) is 2. The van der Waals surface area contributed by atoms with Gasteiger partial charge in [0.1, 0.15) is 6.29 Å². The maximum absolute atomic E-state index is 12.2. The Hall–Kier alpha value is -3.36. The molecule has 2 rings (SSSR count). The molecular weight excluding hydrogens is 316 g/mol. The smallest absolute Gasteiger partial charge is 0.269 e. The summed E-state index contributed by atoms with van der Waals surface area (Å²) in [4.78, 5) is 50.8. The Balaban J connectivity index is 2.56. The number of anilines is 1. The molecule has 0 fully saturated rings. The summed E-state index contributed by atoms with van der Waals surface area (Å²) in [5.74, 6) is -0.441. The van der Waals surface area contributed by atoms with Gasteiger partial charge in [0.25, 0.3) is 11.2 Å². The van der Waals surface area contributed by atoms with Crippen molar-refractivity contribution in [3.8, 4) is 11.3 Å². The van der Waals surface area contributed by atoms with E-state index in [9.17, 15) is 24.5 Å². The number of non-ortho nitro benzene ring substituents is 1. The van der Waals surface area contributed by atoms with Crippen LogP contribution >= 0.6 is 0 Å². The molecule has 0 aliphatic rings. The zero-order valence-electron chi connectivity index (χ0n) is 12.7. The number of hydrogen-bond acceptors (Lipinski definition) is 6. The number of benzene rings is 1. The van der Waals surface area contributed by atoms with E-state index in [0.29, 0.717) is 11.8 Å². The van der Waals surface area contributed by atoms with Crippen molar-refractivity contribution in [3.05, 3.63) is 50.3 Å². The molecule has 9 nitrogen and oxygen atoms in total. The molecule has 0 saturated heterocycles. The van der Waals surface area contributed by atoms with Gasteiger partial charge in [0, 0.05) is 36.6 Å². The van der Waals surface area contributed by atoms with Crippen LogP contribution in [0.5, 0.6) is 0 Å². The van der Waals surface area contributed by atoms with Crippen molar-refractivity contribution < 1.29 is 14.5 Å². The third-order valence-electron chi connectivity index (χ3n) is 3.17. The molecule has 0 bridgehead atoms. The first-order chi connectivity index (χ1) is 11.4. The fourth-order valence-electron chi connectivity index (χ4n) is 2.14. The highest BCUT2D eigenvalue weighted by molar-refractivity contribution is 5.87. The number of aromatic nitrogens is 2. The standard InChI is InChI=1S/C15H14N4O5/c1-9(21)16-15-17-13(12(3-2-8-20)14(22)18-15)10-4-6-11(7-5-10)19(23)24/h4-8H,2-3H2,1H3,(H2,16,17,18,21,22). The van der Waals surface area contributed by atoms with Gasteiger partial charge in [0.15, 0.2) is 0 Å². The van der Waals surface area contributed by atoms with Gasteiger partial charge in [0.2, 0.25) is 11.9 Å². The second-order valence-electron chi connectivity index (χ2n) is 4.93. The van der Waals surface area contributed by atoms with Crippen molar-refractivity contribution in [1.29, 1.82) is 0 Å². The zero-order chi connectivity index (χ0) is 17.7. The number of hydrogen-bond donors (Lipinski definition) is 2. The minimum Gasteiger partial charge on any atom is -0.303 e. The van der Waals surface area contributed by atoms with Gasteiger partial charge < -0.3 is 4.79 Å². The zero-order valence-corrected chi connectivity index (χ0v) is 12.7. The molecule has 1 heterocycles. The lowest BCUT2D eigenvalue weighted by Crippen LogP contribution is -2.20. The van der Waals surface area contributed by atoms with Crippen molar-refractivity contribution in [2.75, 3.05) is 5.32 Å². The summed E-state index contributed by atoms with van der Waals surface area (Å²) in [5, 5.41) is 13.1. The first kappa shape index (κ1) is 17.0. The van der Waals surface area contributed by atoms with Crippen molar-refractivity contribution in [3.63, 3.8) is 0 Å². The van der Waals surface area contributed by atoms with Gasteiger partial charge in [0.05, 0.1) is 10.6 Å². The molecule has 0 unspecified atom stereocenters. The fourth-order valence-corrected chi connectivity index (χ4v) is 2.14. The average Bonchev–Trinajstić information content (AvgIpc) is 2.53. The summed E-state index contributed by atoms with van der Waals surface area (Å²) >= 11 is 0. The molecule has 124 valence electrons. The monoisotopic (exact) mass is 330 g/mol. The van der Waals surface area contributed by atoms with Crippen molar-refractivity contribution >= 4 is 23.8 Å². The summed E-state index contributed by atoms with van der Waals surface area (Å²) in [6.07, 6.45) is 0.976. The number of aldehydes is 1. The summed E-state index contributed by atoms with van der Waals surface area (Å²) < 4.78 is 0. The maximum atomic E-state index is 12.2. The lowest BCUT2D eigenvalue weighted by atomic mass is 10.0. The molecule has 9 heteroatoms. The third kappa shape index (κ3) is 3.88. The Morgan fingerprint density at radius 2 is 2.04 bits per heavy atom. The Morgan fingerprint density at radius 3 is 2.58 bits per heavy atom. The molecule has 1 aromatic heterocycles. The highest BCUT2D eigenvalue weighted by atomic mass is 16.6. The predicted molar refractivity (Wildman–Crippen MR) is 85.6 cm³/mol. The van der Waals surface area contributed by atoms with Gasteiger partial charge in [-0.15, -0.1) is 0 Å². The van der Waals surface area contributed by atoms with Crippen LogP contribution in [0.15, 0.2) is 29.1 Å². The Kier molecular flexibility index (Phi) is 5.15. The minimum atomic E-state index is -0.537. The molecule has 0 aliphatic heterocycles. The molecule has 0 atom stereocenters. The number of nitro benzene ring substituents is 1. The molecule has 0 saturated carbocycles. The van der Waals surface area contributed by atoms with Gasteiger partial charge in [-0.25, -0.2) is 4.98 Å². The summed E-state index contributed by atoms with van der Waals surface area (Å²) in [6, 6.07) is 5.50.